The normalized spacial score (nSPS) is 17.8. The van der Waals surface area contributed by atoms with Crippen LogP contribution in [-0.4, -0.2) is 103 Å². The van der Waals surface area contributed by atoms with E-state index in [4.69, 9.17) is 9.47 Å². The molecule has 2 saturated heterocycles. The first-order valence-corrected chi connectivity index (χ1v) is 13.6. The Morgan fingerprint density at radius 3 is 2.46 bits per heavy atom. The third kappa shape index (κ3) is 7.03. The molecule has 3 amide bonds. The van der Waals surface area contributed by atoms with Crippen molar-refractivity contribution in [2.45, 2.75) is 25.5 Å². The Balaban J connectivity index is 1.53. The number of piperazine rings is 1. The average Bonchev–Trinajstić information content (AvgIpc) is 3.46. The summed E-state index contributed by atoms with van der Waals surface area (Å²) >= 11 is 0. The zero-order valence-electron chi connectivity index (χ0n) is 21.9. The number of methoxy groups -OCH3 is 1. The Hall–Kier alpha value is -3.72. The molecule has 2 aliphatic rings. The number of rotatable bonds is 7. The van der Waals surface area contributed by atoms with Crippen LogP contribution in [0.3, 0.4) is 0 Å². The number of nitrogens with one attached hydrogen (secondary N) is 1. The number of aromatic nitrogens is 2. The number of carbonyl (C=O) groups excluding carboxylic acids is 3. The number of carbonyl (C=O) groups is 3. The summed E-state index contributed by atoms with van der Waals surface area (Å²) in [5.41, 5.74) is 3.28. The van der Waals surface area contributed by atoms with Gasteiger partial charge in [0.05, 0.1) is 0 Å². The van der Waals surface area contributed by atoms with Gasteiger partial charge in [-0.2, -0.15) is 0 Å². The summed E-state index contributed by atoms with van der Waals surface area (Å²) in [6.07, 6.45) is 0.452. The molecule has 2 aliphatic heterocycles. The zero-order chi connectivity index (χ0) is 27.8. The summed E-state index contributed by atoms with van der Waals surface area (Å²) in [5.74, 6) is -0.165. The fourth-order valence-electron chi connectivity index (χ4n) is 4.47. The van der Waals surface area contributed by atoms with Crippen LogP contribution in [0, 0.1) is 5.63 Å². The van der Waals surface area contributed by atoms with E-state index in [9.17, 15) is 18.9 Å². The van der Waals surface area contributed by atoms with E-state index in [-0.39, 0.29) is 44.6 Å². The van der Waals surface area contributed by atoms with Crippen molar-refractivity contribution in [3.05, 3.63) is 42.1 Å². The second-order valence-corrected chi connectivity index (χ2v) is 9.47. The molecular formula is C26H31N6O6P. The van der Waals surface area contributed by atoms with E-state index in [0.717, 1.165) is 12.0 Å². The molecule has 0 bridgehead atoms. The Morgan fingerprint density at radius 1 is 1.10 bits per heavy atom. The van der Waals surface area contributed by atoms with Gasteiger partial charge in [0.25, 0.3) is 0 Å². The van der Waals surface area contributed by atoms with E-state index in [1.54, 1.807) is 20.1 Å². The van der Waals surface area contributed by atoms with Crippen molar-refractivity contribution in [2.24, 2.45) is 0 Å². The first kappa shape index (κ1) is 28.3. The molecule has 2 atom stereocenters. The van der Waals surface area contributed by atoms with Crippen LogP contribution in [0.25, 0.3) is 11.4 Å². The SMILES string of the molecule is CCOC(=O)N1CCN(C(=O)[C@@H](C#P=O)NC(=O)c2cc(N3CC[C@H](OC)C3)nc(-c3ccccc3)n2)CC1. The fourth-order valence-corrected chi connectivity index (χ4v) is 4.75. The standard InChI is InChI=1S/C26H31N6O6P/c1-3-38-26(35)31-13-11-30(12-14-31)25(34)21(17-39-36)28-24(33)20-15-22(32-10-9-19(16-32)37-2)29-23(27-20)18-7-5-4-6-8-18/h4-8,15,19,21H,3,9-14,16H2,1-2H3,(H,28,33)/t19-,21+/m0/s1. The van der Waals surface area contributed by atoms with Crippen LogP contribution in [0.1, 0.15) is 23.8 Å². The number of hydrogen-bond donors (Lipinski definition) is 1. The van der Waals surface area contributed by atoms with Crippen LogP contribution in [0.2, 0.25) is 0 Å². The molecule has 1 aromatic carbocycles. The molecule has 0 radical (unpaired) electrons. The molecule has 13 heteroatoms. The van der Waals surface area contributed by atoms with Crippen LogP contribution < -0.4 is 10.2 Å². The maximum atomic E-state index is 13.4. The summed E-state index contributed by atoms with van der Waals surface area (Å²) in [5, 5.41) is 2.62. The molecule has 206 valence electrons. The van der Waals surface area contributed by atoms with Gasteiger partial charge < -0.3 is 0 Å². The summed E-state index contributed by atoms with van der Waals surface area (Å²) in [6.45, 7) is 4.38. The molecule has 0 aliphatic carbocycles. The second-order valence-electron chi connectivity index (χ2n) is 9.03. The molecule has 39 heavy (non-hydrogen) atoms. The first-order valence-electron chi connectivity index (χ1n) is 12.7. The van der Waals surface area contributed by atoms with E-state index >= 15 is 0 Å². The van der Waals surface area contributed by atoms with E-state index in [2.05, 4.69) is 20.9 Å². The van der Waals surface area contributed by atoms with Gasteiger partial charge in [0.1, 0.15) is 0 Å². The quantitative estimate of drug-likeness (QED) is 0.510. The number of amides is 3. The van der Waals surface area contributed by atoms with Crippen molar-refractivity contribution in [1.82, 2.24) is 25.1 Å². The minimum absolute atomic E-state index is 0.0592. The number of nitrogens with zero attached hydrogens (tertiary/aromatic N) is 5. The Labute approximate surface area is 227 Å². The second kappa shape index (κ2) is 13.4. The molecule has 12 nitrogen and oxygen atoms in total. The maximum absolute atomic E-state index is 13.4. The molecule has 3 heterocycles. The Kier molecular flexibility index (Phi) is 9.70. The molecule has 0 spiro atoms. The van der Waals surface area contributed by atoms with Crippen LogP contribution in [0.4, 0.5) is 10.6 Å². The predicted octanol–water partition coefficient (Wildman–Crippen LogP) is 2.02. The van der Waals surface area contributed by atoms with Crippen molar-refractivity contribution < 1.29 is 28.4 Å². The number of benzene rings is 1. The van der Waals surface area contributed by atoms with E-state index in [1.807, 2.05) is 35.2 Å². The monoisotopic (exact) mass is 554 g/mol. The van der Waals surface area contributed by atoms with Gasteiger partial charge in [-0.25, -0.2) is 0 Å². The van der Waals surface area contributed by atoms with E-state index in [1.165, 1.54) is 9.80 Å². The fraction of sp³-hybridized carbons (Fsp3) is 0.462. The van der Waals surface area contributed by atoms with Crippen molar-refractivity contribution in [2.75, 3.05) is 57.9 Å². The summed E-state index contributed by atoms with van der Waals surface area (Å²) in [6, 6.07) is 9.60. The third-order valence-corrected chi connectivity index (χ3v) is 6.96. The van der Waals surface area contributed by atoms with E-state index < -0.39 is 31.9 Å². The topological polar surface area (TPSA) is 134 Å². The van der Waals surface area contributed by atoms with Gasteiger partial charge in [-0.3, -0.25) is 0 Å². The van der Waals surface area contributed by atoms with Gasteiger partial charge in [0.15, 0.2) is 0 Å². The van der Waals surface area contributed by atoms with Crippen molar-refractivity contribution in [1.29, 1.82) is 0 Å². The molecule has 0 unspecified atom stereocenters. The number of hydrogen-bond acceptors (Lipinski definition) is 9. The Morgan fingerprint density at radius 2 is 1.82 bits per heavy atom. The molecule has 1 aromatic heterocycles. The average molecular weight is 555 g/mol. The van der Waals surface area contributed by atoms with Gasteiger partial charge in [-0.1, -0.05) is 0 Å². The third-order valence-electron chi connectivity index (χ3n) is 6.60. The number of ether oxygens (including phenoxy) is 2. The van der Waals surface area contributed by atoms with Crippen LogP contribution in [0.5, 0.6) is 0 Å². The van der Waals surface area contributed by atoms with Gasteiger partial charge in [0.2, 0.25) is 0 Å². The molecule has 2 aromatic rings. The van der Waals surface area contributed by atoms with Crippen LogP contribution >= 0.6 is 7.92 Å². The minimum atomic E-state index is -1.27. The molecular weight excluding hydrogens is 523 g/mol. The zero-order valence-corrected chi connectivity index (χ0v) is 22.8. The Bertz CT molecular complexity index is 1300. The van der Waals surface area contributed by atoms with Crippen LogP contribution in [-0.2, 0) is 18.8 Å². The summed E-state index contributed by atoms with van der Waals surface area (Å²) in [4.78, 5) is 52.7. The van der Waals surface area contributed by atoms with Gasteiger partial charge in [-0.05, 0) is 0 Å². The summed E-state index contributed by atoms with van der Waals surface area (Å²) in [7, 11) is 1.14. The predicted molar refractivity (Wildman–Crippen MR) is 143 cm³/mol. The van der Waals surface area contributed by atoms with Crippen molar-refractivity contribution in [3.63, 3.8) is 0 Å². The number of anilines is 1. The van der Waals surface area contributed by atoms with Gasteiger partial charge in [0, 0.05) is 0 Å². The van der Waals surface area contributed by atoms with Crippen LogP contribution in [0.15, 0.2) is 36.4 Å². The van der Waals surface area contributed by atoms with Crippen molar-refractivity contribution >= 4 is 31.6 Å². The molecule has 2 fully saturated rings. The molecule has 1 N–H and O–H groups in total. The summed E-state index contributed by atoms with van der Waals surface area (Å²) < 4.78 is 21.9. The van der Waals surface area contributed by atoms with Gasteiger partial charge in [-0.15, -0.1) is 0 Å². The molecule has 4 rings (SSSR count). The first-order chi connectivity index (χ1) is 18.9. The van der Waals surface area contributed by atoms with Crippen molar-refractivity contribution in [3.8, 4) is 17.0 Å². The molecule has 0 saturated carbocycles. The van der Waals surface area contributed by atoms with E-state index in [0.29, 0.717) is 24.7 Å². The van der Waals surface area contributed by atoms with Gasteiger partial charge >= 0.3 is 228 Å².